The number of hydrogen-bond donors (Lipinski definition) is 1. The minimum Gasteiger partial charge on any atom is -0.353 e. The molecular weight excluding hydrogens is 170 g/mol. The van der Waals surface area contributed by atoms with Crippen LogP contribution in [0.3, 0.4) is 0 Å². The van der Waals surface area contributed by atoms with Crippen molar-refractivity contribution in [2.75, 3.05) is 0 Å². The van der Waals surface area contributed by atoms with Crippen LogP contribution in [0, 0.1) is 6.92 Å². The number of nitrogens with one attached hydrogen (secondary N) is 1. The van der Waals surface area contributed by atoms with Gasteiger partial charge < -0.3 is 9.84 Å². The molecule has 1 aliphatic rings. The zero-order chi connectivity index (χ0) is 9.26. The maximum absolute atomic E-state index is 11.2. The highest BCUT2D eigenvalue weighted by atomic mass is 16.5. The number of aryl methyl sites for hydroxylation is 1. The van der Waals surface area contributed by atoms with Crippen molar-refractivity contribution >= 4 is 5.91 Å². The van der Waals surface area contributed by atoms with Crippen molar-refractivity contribution in [2.45, 2.75) is 32.2 Å². The van der Waals surface area contributed by atoms with Gasteiger partial charge >= 0.3 is 0 Å². The highest BCUT2D eigenvalue weighted by molar-refractivity contribution is 5.78. The maximum atomic E-state index is 11.2. The van der Waals surface area contributed by atoms with E-state index >= 15 is 0 Å². The van der Waals surface area contributed by atoms with Crippen LogP contribution in [0.2, 0.25) is 0 Å². The van der Waals surface area contributed by atoms with Gasteiger partial charge in [-0.05, 0) is 19.8 Å². The van der Waals surface area contributed by atoms with E-state index in [2.05, 4.69) is 15.5 Å². The van der Waals surface area contributed by atoms with E-state index in [1.165, 1.54) is 0 Å². The highest BCUT2D eigenvalue weighted by Gasteiger charge is 2.23. The van der Waals surface area contributed by atoms with Gasteiger partial charge in [0, 0.05) is 6.04 Å². The third-order valence-electron chi connectivity index (χ3n) is 1.82. The van der Waals surface area contributed by atoms with Crippen molar-refractivity contribution in [3.8, 4) is 0 Å². The van der Waals surface area contributed by atoms with Gasteiger partial charge in [0.05, 0.1) is 0 Å². The predicted molar refractivity (Wildman–Crippen MR) is 43.9 cm³/mol. The van der Waals surface area contributed by atoms with Crippen LogP contribution in [0.5, 0.6) is 0 Å². The molecule has 1 saturated carbocycles. The summed E-state index contributed by atoms with van der Waals surface area (Å²) < 4.78 is 4.81. The molecule has 5 nitrogen and oxygen atoms in total. The van der Waals surface area contributed by atoms with Crippen LogP contribution < -0.4 is 5.32 Å². The molecule has 5 heteroatoms. The van der Waals surface area contributed by atoms with Crippen LogP contribution in [-0.4, -0.2) is 22.1 Å². The average molecular weight is 181 g/mol. The number of carbonyl (C=O) groups is 1. The Labute approximate surface area is 75.5 Å². The van der Waals surface area contributed by atoms with E-state index in [1.54, 1.807) is 6.92 Å². The quantitative estimate of drug-likeness (QED) is 0.723. The zero-order valence-corrected chi connectivity index (χ0v) is 7.41. The molecular formula is C8H11N3O2. The molecule has 1 aromatic rings. The monoisotopic (exact) mass is 181 g/mol. The number of nitrogens with zero attached hydrogens (tertiary/aromatic N) is 2. The topological polar surface area (TPSA) is 68.0 Å². The predicted octanol–water partition coefficient (Wildman–Crippen LogP) is 0.199. The second-order valence-corrected chi connectivity index (χ2v) is 3.25. The number of rotatable bonds is 3. The molecule has 1 amide bonds. The Morgan fingerprint density at radius 2 is 2.46 bits per heavy atom. The van der Waals surface area contributed by atoms with Crippen molar-refractivity contribution in [3.63, 3.8) is 0 Å². The lowest BCUT2D eigenvalue weighted by atomic mass is 10.4. The molecule has 2 rings (SSSR count). The summed E-state index contributed by atoms with van der Waals surface area (Å²) in [6.45, 7) is 1.73. The van der Waals surface area contributed by atoms with Crippen LogP contribution in [0.25, 0.3) is 0 Å². The van der Waals surface area contributed by atoms with E-state index in [4.69, 9.17) is 4.52 Å². The number of carbonyl (C=O) groups excluding carboxylic acids is 1. The van der Waals surface area contributed by atoms with Crippen LogP contribution in [0.1, 0.15) is 24.6 Å². The molecule has 1 heterocycles. The summed E-state index contributed by atoms with van der Waals surface area (Å²) in [6, 6.07) is 0.386. The fraction of sp³-hybridized carbons (Fsp3) is 0.625. The minimum atomic E-state index is -0.0360. The Bertz CT molecular complexity index is 317. The molecule has 1 fully saturated rings. The standard InChI is InChI=1S/C8H11N3O2/c1-5-9-8(13-11-5)4-7(12)10-6-2-3-6/h6H,2-4H2,1H3,(H,10,12). The molecule has 1 aliphatic carbocycles. The van der Waals surface area contributed by atoms with Gasteiger partial charge in [-0.2, -0.15) is 4.98 Å². The third-order valence-corrected chi connectivity index (χ3v) is 1.82. The maximum Gasteiger partial charge on any atom is 0.236 e. The normalized spacial score (nSPS) is 15.8. The molecule has 0 aliphatic heterocycles. The summed E-state index contributed by atoms with van der Waals surface area (Å²) >= 11 is 0. The summed E-state index contributed by atoms with van der Waals surface area (Å²) in [7, 11) is 0. The smallest absolute Gasteiger partial charge is 0.236 e. The van der Waals surface area contributed by atoms with Crippen molar-refractivity contribution in [1.29, 1.82) is 0 Å². The van der Waals surface area contributed by atoms with E-state index < -0.39 is 0 Å². The van der Waals surface area contributed by atoms with Gasteiger partial charge in [0.25, 0.3) is 0 Å². The van der Waals surface area contributed by atoms with Gasteiger partial charge in [-0.25, -0.2) is 0 Å². The molecule has 0 spiro atoms. The Morgan fingerprint density at radius 3 is 3.00 bits per heavy atom. The van der Waals surface area contributed by atoms with E-state index in [9.17, 15) is 4.79 Å². The van der Waals surface area contributed by atoms with Gasteiger partial charge in [-0.15, -0.1) is 0 Å². The first-order chi connectivity index (χ1) is 6.24. The van der Waals surface area contributed by atoms with Gasteiger partial charge in [0.15, 0.2) is 5.82 Å². The van der Waals surface area contributed by atoms with Gasteiger partial charge in [0.2, 0.25) is 11.8 Å². The Kier molecular flexibility index (Phi) is 2.00. The summed E-state index contributed by atoms with van der Waals surface area (Å²) in [5, 5.41) is 6.44. The molecule has 0 bridgehead atoms. The van der Waals surface area contributed by atoms with Crippen molar-refractivity contribution in [1.82, 2.24) is 15.5 Å². The minimum absolute atomic E-state index is 0.0360. The summed E-state index contributed by atoms with van der Waals surface area (Å²) in [4.78, 5) is 15.2. The molecule has 0 atom stereocenters. The van der Waals surface area contributed by atoms with Crippen LogP contribution >= 0.6 is 0 Å². The van der Waals surface area contributed by atoms with E-state index in [0.717, 1.165) is 12.8 Å². The second-order valence-electron chi connectivity index (χ2n) is 3.25. The first-order valence-electron chi connectivity index (χ1n) is 4.32. The molecule has 70 valence electrons. The molecule has 0 radical (unpaired) electrons. The zero-order valence-electron chi connectivity index (χ0n) is 7.41. The molecule has 0 unspecified atom stereocenters. The Hall–Kier alpha value is -1.39. The lowest BCUT2D eigenvalue weighted by molar-refractivity contribution is -0.120. The molecule has 1 N–H and O–H groups in total. The fourth-order valence-corrected chi connectivity index (χ4v) is 1.06. The summed E-state index contributed by atoms with van der Waals surface area (Å²) in [5.41, 5.74) is 0. The lowest BCUT2D eigenvalue weighted by Crippen LogP contribution is -2.27. The van der Waals surface area contributed by atoms with Gasteiger partial charge in [-0.1, -0.05) is 5.16 Å². The lowest BCUT2D eigenvalue weighted by Gasteiger charge is -1.98. The Balaban J connectivity index is 1.85. The first kappa shape index (κ1) is 8.22. The summed E-state index contributed by atoms with van der Waals surface area (Å²) in [6.07, 6.45) is 2.38. The fourth-order valence-electron chi connectivity index (χ4n) is 1.06. The third kappa shape index (κ3) is 2.27. The second kappa shape index (κ2) is 3.16. The molecule has 1 aromatic heterocycles. The molecule has 13 heavy (non-hydrogen) atoms. The van der Waals surface area contributed by atoms with Crippen molar-refractivity contribution < 1.29 is 9.32 Å². The van der Waals surface area contributed by atoms with Crippen LogP contribution in [0.15, 0.2) is 4.52 Å². The Morgan fingerprint density at radius 1 is 1.69 bits per heavy atom. The van der Waals surface area contributed by atoms with Crippen LogP contribution in [0.4, 0.5) is 0 Å². The SMILES string of the molecule is Cc1noc(CC(=O)NC2CC2)n1. The van der Waals surface area contributed by atoms with Crippen molar-refractivity contribution in [3.05, 3.63) is 11.7 Å². The van der Waals surface area contributed by atoms with Crippen molar-refractivity contribution in [2.24, 2.45) is 0 Å². The largest absolute Gasteiger partial charge is 0.353 e. The van der Waals surface area contributed by atoms with E-state index in [-0.39, 0.29) is 12.3 Å². The van der Waals surface area contributed by atoms with Gasteiger partial charge in [-0.3, -0.25) is 4.79 Å². The van der Waals surface area contributed by atoms with Crippen LogP contribution in [-0.2, 0) is 11.2 Å². The molecule has 0 aromatic carbocycles. The number of aromatic nitrogens is 2. The average Bonchev–Trinajstić information content (AvgIpc) is 2.76. The van der Waals surface area contributed by atoms with Gasteiger partial charge in [0.1, 0.15) is 6.42 Å². The summed E-state index contributed by atoms with van der Waals surface area (Å²) in [5.74, 6) is 0.913. The van der Waals surface area contributed by atoms with E-state index in [1.807, 2.05) is 0 Å². The number of amides is 1. The molecule has 0 saturated heterocycles. The first-order valence-corrected chi connectivity index (χ1v) is 4.32. The number of hydrogen-bond acceptors (Lipinski definition) is 4. The highest BCUT2D eigenvalue weighted by Crippen LogP contribution is 2.18. The van der Waals surface area contributed by atoms with E-state index in [0.29, 0.717) is 17.8 Å².